The van der Waals surface area contributed by atoms with E-state index in [4.69, 9.17) is 46.4 Å². The fourth-order valence-electron chi connectivity index (χ4n) is 1.72. The number of hydrogen-bond acceptors (Lipinski definition) is 0. The first-order chi connectivity index (χ1) is 10.1. The molecule has 0 aliphatic heterocycles. The van der Waals surface area contributed by atoms with Gasteiger partial charge in [0.1, 0.15) is 0 Å². The molecule has 0 heterocycles. The van der Waals surface area contributed by atoms with Crippen molar-refractivity contribution < 1.29 is 0 Å². The van der Waals surface area contributed by atoms with Crippen LogP contribution in [0, 0.1) is 0 Å². The van der Waals surface area contributed by atoms with Gasteiger partial charge in [-0.05, 0) is 41.8 Å². The third-order valence-electron chi connectivity index (χ3n) is 2.78. The van der Waals surface area contributed by atoms with Gasteiger partial charge in [-0.1, -0.05) is 82.8 Å². The highest BCUT2D eigenvalue weighted by Crippen LogP contribution is 2.24. The molecule has 0 amide bonds. The molecular formula is C17H12Cl4. The SMILES string of the molecule is Clc1ccc(/C=C/C/C=C/c2ccc(Cl)c(Cl)c2)cc1Cl. The number of allylic oxidation sites excluding steroid dienone is 2. The Bertz CT molecular complexity index is 628. The smallest absolute Gasteiger partial charge is 0.0598 e. The normalized spacial score (nSPS) is 11.6. The average molecular weight is 358 g/mol. The van der Waals surface area contributed by atoms with Gasteiger partial charge in [0, 0.05) is 0 Å². The van der Waals surface area contributed by atoms with Crippen LogP contribution in [0.4, 0.5) is 0 Å². The first-order valence-electron chi connectivity index (χ1n) is 6.29. The molecule has 0 aliphatic rings. The van der Waals surface area contributed by atoms with Gasteiger partial charge in [-0.2, -0.15) is 0 Å². The number of rotatable bonds is 4. The van der Waals surface area contributed by atoms with Gasteiger partial charge >= 0.3 is 0 Å². The molecule has 0 spiro atoms. The highest BCUT2D eigenvalue weighted by molar-refractivity contribution is 6.42. The fourth-order valence-corrected chi connectivity index (χ4v) is 2.33. The minimum absolute atomic E-state index is 0.560. The van der Waals surface area contributed by atoms with Gasteiger partial charge < -0.3 is 0 Å². The van der Waals surface area contributed by atoms with Gasteiger partial charge in [0.15, 0.2) is 0 Å². The Kier molecular flexibility index (Phi) is 6.20. The van der Waals surface area contributed by atoms with Crippen molar-refractivity contribution in [2.24, 2.45) is 0 Å². The van der Waals surface area contributed by atoms with Crippen LogP contribution in [0.2, 0.25) is 20.1 Å². The van der Waals surface area contributed by atoms with Crippen molar-refractivity contribution >= 4 is 58.6 Å². The molecule has 2 aromatic carbocycles. The van der Waals surface area contributed by atoms with E-state index in [1.54, 1.807) is 12.1 Å². The van der Waals surface area contributed by atoms with Crippen molar-refractivity contribution in [1.82, 2.24) is 0 Å². The minimum atomic E-state index is 0.560. The monoisotopic (exact) mass is 356 g/mol. The largest absolute Gasteiger partial charge is 0.0827 e. The van der Waals surface area contributed by atoms with Crippen LogP contribution in [0.5, 0.6) is 0 Å². The van der Waals surface area contributed by atoms with Gasteiger partial charge in [-0.25, -0.2) is 0 Å². The molecule has 21 heavy (non-hydrogen) atoms. The van der Waals surface area contributed by atoms with Crippen molar-refractivity contribution in [2.45, 2.75) is 6.42 Å². The second-order valence-electron chi connectivity index (χ2n) is 4.39. The summed E-state index contributed by atoms with van der Waals surface area (Å²) in [5, 5.41) is 2.25. The third kappa shape index (κ3) is 5.09. The van der Waals surface area contributed by atoms with Gasteiger partial charge in [-0.15, -0.1) is 0 Å². The summed E-state index contributed by atoms with van der Waals surface area (Å²) in [6, 6.07) is 11.1. The summed E-state index contributed by atoms with van der Waals surface area (Å²) in [6.07, 6.45) is 8.91. The van der Waals surface area contributed by atoms with Gasteiger partial charge in [-0.3, -0.25) is 0 Å². The maximum Gasteiger partial charge on any atom is 0.0598 e. The molecule has 0 unspecified atom stereocenters. The lowest BCUT2D eigenvalue weighted by Gasteiger charge is -1.97. The number of halogens is 4. The first kappa shape index (κ1) is 16.5. The van der Waals surface area contributed by atoms with Crippen molar-refractivity contribution in [1.29, 1.82) is 0 Å². The Morgan fingerprint density at radius 3 is 1.43 bits per heavy atom. The summed E-state index contributed by atoms with van der Waals surface area (Å²) in [4.78, 5) is 0. The van der Waals surface area contributed by atoms with E-state index in [-0.39, 0.29) is 0 Å². The van der Waals surface area contributed by atoms with Crippen molar-refractivity contribution in [2.75, 3.05) is 0 Å². The summed E-state index contributed by atoms with van der Waals surface area (Å²) in [5.41, 5.74) is 2.04. The predicted octanol–water partition coefficient (Wildman–Crippen LogP) is 7.42. The number of benzene rings is 2. The Balaban J connectivity index is 1.93. The maximum absolute atomic E-state index is 5.96. The fraction of sp³-hybridized carbons (Fsp3) is 0.0588. The molecule has 0 radical (unpaired) electrons. The second kappa shape index (κ2) is 7.91. The zero-order chi connectivity index (χ0) is 15.2. The summed E-state index contributed by atoms with van der Waals surface area (Å²) >= 11 is 23.7. The average Bonchev–Trinajstić information content (AvgIpc) is 2.46. The van der Waals surface area contributed by atoms with Crippen molar-refractivity contribution in [3.05, 3.63) is 79.8 Å². The first-order valence-corrected chi connectivity index (χ1v) is 7.80. The highest BCUT2D eigenvalue weighted by Gasteiger charge is 1.97. The van der Waals surface area contributed by atoms with Crippen LogP contribution in [0.3, 0.4) is 0 Å². The molecule has 0 N–H and O–H groups in total. The molecule has 108 valence electrons. The zero-order valence-electron chi connectivity index (χ0n) is 11.0. The Labute approximate surface area is 144 Å². The molecule has 0 saturated heterocycles. The summed E-state index contributed by atoms with van der Waals surface area (Å²) in [7, 11) is 0. The molecular weight excluding hydrogens is 346 g/mol. The van der Waals surface area contributed by atoms with Crippen LogP contribution in [0.1, 0.15) is 17.5 Å². The minimum Gasteiger partial charge on any atom is -0.0827 e. The van der Waals surface area contributed by atoms with Crippen LogP contribution in [-0.2, 0) is 0 Å². The van der Waals surface area contributed by atoms with E-state index in [9.17, 15) is 0 Å². The second-order valence-corrected chi connectivity index (χ2v) is 6.02. The van der Waals surface area contributed by atoms with Crippen LogP contribution in [-0.4, -0.2) is 0 Å². The van der Waals surface area contributed by atoms with E-state index in [0.29, 0.717) is 20.1 Å². The van der Waals surface area contributed by atoms with Crippen LogP contribution in [0.25, 0.3) is 12.2 Å². The molecule has 0 fully saturated rings. The lowest BCUT2D eigenvalue weighted by atomic mass is 10.1. The zero-order valence-corrected chi connectivity index (χ0v) is 14.0. The van der Waals surface area contributed by atoms with Crippen LogP contribution >= 0.6 is 46.4 Å². The highest BCUT2D eigenvalue weighted by atomic mass is 35.5. The quantitative estimate of drug-likeness (QED) is 0.534. The molecule has 0 atom stereocenters. The molecule has 2 rings (SSSR count). The Morgan fingerprint density at radius 2 is 1.05 bits per heavy atom. The molecule has 2 aromatic rings. The van der Waals surface area contributed by atoms with Crippen LogP contribution < -0.4 is 0 Å². The van der Waals surface area contributed by atoms with E-state index < -0.39 is 0 Å². The van der Waals surface area contributed by atoms with E-state index in [2.05, 4.69) is 0 Å². The van der Waals surface area contributed by atoms with Crippen LogP contribution in [0.15, 0.2) is 48.6 Å². The van der Waals surface area contributed by atoms with E-state index >= 15 is 0 Å². The summed E-state index contributed by atoms with van der Waals surface area (Å²) < 4.78 is 0. The number of hydrogen-bond donors (Lipinski definition) is 0. The van der Waals surface area contributed by atoms with E-state index in [1.807, 2.05) is 48.6 Å². The van der Waals surface area contributed by atoms with Gasteiger partial charge in [0.25, 0.3) is 0 Å². The lowest BCUT2D eigenvalue weighted by molar-refractivity contribution is 1.42. The maximum atomic E-state index is 5.96. The molecule has 0 bridgehead atoms. The summed E-state index contributed by atoms with van der Waals surface area (Å²) in [6.45, 7) is 0. The summed E-state index contributed by atoms with van der Waals surface area (Å²) in [5.74, 6) is 0. The third-order valence-corrected chi connectivity index (χ3v) is 4.26. The van der Waals surface area contributed by atoms with Gasteiger partial charge in [0.2, 0.25) is 0 Å². The van der Waals surface area contributed by atoms with E-state index in [1.165, 1.54) is 0 Å². The Hall–Kier alpha value is -0.920. The standard InChI is InChI=1S/C17H12Cl4/c18-14-8-6-12(10-16(14)20)4-2-1-3-5-13-7-9-15(19)17(21)11-13/h2-11H,1H2/b4-2+,5-3+. The molecule has 0 aliphatic carbocycles. The van der Waals surface area contributed by atoms with Crippen molar-refractivity contribution in [3.63, 3.8) is 0 Å². The predicted molar refractivity (Wildman–Crippen MR) is 95.6 cm³/mol. The van der Waals surface area contributed by atoms with Crippen molar-refractivity contribution in [3.8, 4) is 0 Å². The van der Waals surface area contributed by atoms with E-state index in [0.717, 1.165) is 17.5 Å². The van der Waals surface area contributed by atoms with Gasteiger partial charge in [0.05, 0.1) is 20.1 Å². The molecule has 0 aromatic heterocycles. The molecule has 0 saturated carbocycles. The molecule has 4 heteroatoms. The Morgan fingerprint density at radius 1 is 0.619 bits per heavy atom. The molecule has 0 nitrogen and oxygen atoms in total. The lowest BCUT2D eigenvalue weighted by Crippen LogP contribution is -1.74. The topological polar surface area (TPSA) is 0 Å².